The smallest absolute Gasteiger partial charge is 0.229 e. The number of rotatable bonds is 0. The third-order valence-corrected chi connectivity index (χ3v) is 5.91. The average Bonchev–Trinajstić information content (AvgIpc) is 2.44. The summed E-state index contributed by atoms with van der Waals surface area (Å²) in [6.07, 6.45) is 7.25. The van der Waals surface area contributed by atoms with Crippen LogP contribution in [0.25, 0.3) is 0 Å². The highest BCUT2D eigenvalue weighted by Crippen LogP contribution is 2.44. The maximum Gasteiger partial charge on any atom is 0.229 e. The van der Waals surface area contributed by atoms with Crippen LogP contribution in [0.2, 0.25) is 0 Å². The van der Waals surface area contributed by atoms with Crippen LogP contribution in [0.4, 0.5) is 0 Å². The Balaban J connectivity index is 1.65. The van der Waals surface area contributed by atoms with Crippen molar-refractivity contribution in [2.75, 3.05) is 13.1 Å². The molecule has 0 spiro atoms. The molecular weight excluding hydrogens is 240 g/mol. The van der Waals surface area contributed by atoms with Crippen LogP contribution in [0, 0.1) is 11.8 Å². The Morgan fingerprint density at radius 3 is 2.79 bits per heavy atom. The van der Waals surface area contributed by atoms with E-state index in [-0.39, 0.29) is 11.8 Å². The van der Waals surface area contributed by atoms with Gasteiger partial charge in [0.2, 0.25) is 5.91 Å². The average molecular weight is 264 g/mol. The summed E-state index contributed by atoms with van der Waals surface area (Å²) in [4.78, 5) is 17.2. The Labute approximate surface area is 114 Å². The minimum Gasteiger partial charge on any atom is -0.374 e. The van der Waals surface area contributed by atoms with E-state index in [0.29, 0.717) is 18.0 Å². The third-order valence-electron chi connectivity index (χ3n) is 5.91. The first-order valence-corrected chi connectivity index (χ1v) is 8.00. The molecule has 106 valence electrons. The molecule has 0 saturated carbocycles. The summed E-state index contributed by atoms with van der Waals surface area (Å²) < 4.78 is 0. The minimum atomic E-state index is -0.508. The van der Waals surface area contributed by atoms with Gasteiger partial charge in [-0.05, 0) is 51.0 Å². The first-order chi connectivity index (χ1) is 9.25. The van der Waals surface area contributed by atoms with E-state index in [4.69, 9.17) is 0 Å². The van der Waals surface area contributed by atoms with Gasteiger partial charge in [0.05, 0.1) is 5.92 Å². The summed E-state index contributed by atoms with van der Waals surface area (Å²) in [6.45, 7) is 2.34. The number of aliphatic hydroxyl groups is 1. The Morgan fingerprint density at radius 2 is 1.89 bits per heavy atom. The van der Waals surface area contributed by atoms with Gasteiger partial charge >= 0.3 is 0 Å². The lowest BCUT2D eigenvalue weighted by Crippen LogP contribution is -2.67. The van der Waals surface area contributed by atoms with Crippen LogP contribution in [0.5, 0.6) is 0 Å². The second-order valence-electron chi connectivity index (χ2n) is 6.88. The van der Waals surface area contributed by atoms with Gasteiger partial charge in [-0.1, -0.05) is 6.42 Å². The van der Waals surface area contributed by atoms with E-state index in [0.717, 1.165) is 32.2 Å². The second kappa shape index (κ2) is 4.45. The third kappa shape index (κ3) is 1.76. The molecule has 0 unspecified atom stereocenters. The van der Waals surface area contributed by atoms with E-state index in [1.54, 1.807) is 0 Å². The van der Waals surface area contributed by atoms with Crippen molar-refractivity contribution in [2.24, 2.45) is 11.8 Å². The molecule has 0 radical (unpaired) electrons. The highest BCUT2D eigenvalue weighted by molar-refractivity contribution is 5.81. The molecule has 19 heavy (non-hydrogen) atoms. The Morgan fingerprint density at radius 1 is 1.05 bits per heavy atom. The number of hydrogen-bond donors (Lipinski definition) is 1. The fourth-order valence-electron chi connectivity index (χ4n) is 5.08. The monoisotopic (exact) mass is 264 g/mol. The minimum absolute atomic E-state index is 0.169. The zero-order valence-electron chi connectivity index (χ0n) is 11.5. The fraction of sp³-hybridized carbons (Fsp3) is 0.933. The molecule has 4 heteroatoms. The number of amides is 1. The quantitative estimate of drug-likeness (QED) is 0.715. The molecular formula is C15H24N2O2. The first kappa shape index (κ1) is 12.2. The SMILES string of the molecule is O=C1[C@H]2C[C@H](CN3CCCC[C@H]23)[C@@H]2CCC[C@H](O)N12. The molecule has 0 aromatic rings. The molecule has 0 aromatic heterocycles. The van der Waals surface area contributed by atoms with E-state index in [2.05, 4.69) is 4.90 Å². The molecule has 4 heterocycles. The van der Waals surface area contributed by atoms with Crippen LogP contribution < -0.4 is 0 Å². The van der Waals surface area contributed by atoms with Crippen LogP contribution in [0.15, 0.2) is 0 Å². The summed E-state index contributed by atoms with van der Waals surface area (Å²) in [7, 11) is 0. The summed E-state index contributed by atoms with van der Waals surface area (Å²) in [6, 6.07) is 0.781. The van der Waals surface area contributed by atoms with Gasteiger partial charge < -0.3 is 10.0 Å². The number of fused-ring (bicyclic) bond motifs is 6. The van der Waals surface area contributed by atoms with E-state index >= 15 is 0 Å². The highest BCUT2D eigenvalue weighted by Gasteiger charge is 2.52. The Bertz CT molecular complexity index is 386. The van der Waals surface area contributed by atoms with Crippen LogP contribution in [0.3, 0.4) is 0 Å². The van der Waals surface area contributed by atoms with Crippen LogP contribution in [-0.2, 0) is 4.79 Å². The number of hydrogen-bond acceptors (Lipinski definition) is 3. The number of nitrogens with zero attached hydrogens (tertiary/aromatic N) is 2. The second-order valence-corrected chi connectivity index (χ2v) is 6.88. The zero-order chi connectivity index (χ0) is 13.0. The van der Waals surface area contributed by atoms with Crippen LogP contribution >= 0.6 is 0 Å². The molecule has 1 N–H and O–H groups in total. The van der Waals surface area contributed by atoms with Crippen molar-refractivity contribution in [1.82, 2.24) is 9.80 Å². The molecule has 5 atom stereocenters. The molecule has 4 aliphatic rings. The van der Waals surface area contributed by atoms with E-state index in [1.165, 1.54) is 25.8 Å². The van der Waals surface area contributed by atoms with E-state index in [9.17, 15) is 9.90 Å². The summed E-state index contributed by atoms with van der Waals surface area (Å²) in [5, 5.41) is 10.2. The van der Waals surface area contributed by atoms with Crippen molar-refractivity contribution < 1.29 is 9.90 Å². The maximum atomic E-state index is 12.8. The predicted molar refractivity (Wildman–Crippen MR) is 71.3 cm³/mol. The lowest BCUT2D eigenvalue weighted by atomic mass is 9.70. The summed E-state index contributed by atoms with van der Waals surface area (Å²) in [5.74, 6) is 1.03. The Kier molecular flexibility index (Phi) is 2.85. The lowest BCUT2D eigenvalue weighted by molar-refractivity contribution is -0.179. The van der Waals surface area contributed by atoms with Crippen molar-refractivity contribution >= 4 is 5.91 Å². The van der Waals surface area contributed by atoms with Gasteiger partial charge in [0.15, 0.2) is 0 Å². The molecule has 4 nitrogen and oxygen atoms in total. The van der Waals surface area contributed by atoms with Gasteiger partial charge in [-0.25, -0.2) is 0 Å². The van der Waals surface area contributed by atoms with Crippen molar-refractivity contribution in [3.8, 4) is 0 Å². The Hall–Kier alpha value is -0.610. The summed E-state index contributed by atoms with van der Waals surface area (Å²) in [5.41, 5.74) is 0. The summed E-state index contributed by atoms with van der Waals surface area (Å²) >= 11 is 0. The largest absolute Gasteiger partial charge is 0.374 e. The number of piperidine rings is 4. The fourth-order valence-corrected chi connectivity index (χ4v) is 5.08. The standard InChI is InChI=1S/C15H24N2O2/c18-14-6-3-5-12-10-8-11(15(19)17(12)14)13-4-1-2-7-16(13)9-10/h10-14,18H,1-9H2/t10-,11+,12+,13-,14+/m1/s1. The lowest BCUT2D eigenvalue weighted by Gasteiger charge is -2.57. The van der Waals surface area contributed by atoms with Gasteiger partial charge in [-0.3, -0.25) is 9.69 Å². The van der Waals surface area contributed by atoms with Gasteiger partial charge in [0, 0.05) is 18.6 Å². The van der Waals surface area contributed by atoms with E-state index < -0.39 is 6.23 Å². The molecule has 0 aromatic carbocycles. The molecule has 2 bridgehead atoms. The van der Waals surface area contributed by atoms with Crippen molar-refractivity contribution in [1.29, 1.82) is 0 Å². The van der Waals surface area contributed by atoms with Gasteiger partial charge in [0.25, 0.3) is 0 Å². The van der Waals surface area contributed by atoms with Gasteiger partial charge in [0.1, 0.15) is 6.23 Å². The number of carbonyl (C=O) groups excluding carboxylic acids is 1. The van der Waals surface area contributed by atoms with Crippen molar-refractivity contribution in [3.05, 3.63) is 0 Å². The van der Waals surface area contributed by atoms with Gasteiger partial charge in [-0.2, -0.15) is 0 Å². The highest BCUT2D eigenvalue weighted by atomic mass is 16.3. The predicted octanol–water partition coefficient (Wildman–Crippen LogP) is 1.19. The zero-order valence-corrected chi connectivity index (χ0v) is 11.5. The molecule has 4 fully saturated rings. The molecule has 4 rings (SSSR count). The van der Waals surface area contributed by atoms with E-state index in [1.807, 2.05) is 4.90 Å². The number of aliphatic hydroxyl groups excluding tert-OH is 1. The molecule has 4 aliphatic heterocycles. The maximum absolute atomic E-state index is 12.8. The number of carbonyl (C=O) groups is 1. The normalized spacial score (nSPS) is 46.7. The molecule has 1 amide bonds. The molecule has 0 aliphatic carbocycles. The van der Waals surface area contributed by atoms with Gasteiger partial charge in [-0.15, -0.1) is 0 Å². The van der Waals surface area contributed by atoms with Crippen molar-refractivity contribution in [3.63, 3.8) is 0 Å². The molecule has 4 saturated heterocycles. The van der Waals surface area contributed by atoms with Crippen molar-refractivity contribution in [2.45, 2.75) is 63.3 Å². The van der Waals surface area contributed by atoms with Crippen LogP contribution in [0.1, 0.15) is 44.9 Å². The topological polar surface area (TPSA) is 43.8 Å². The van der Waals surface area contributed by atoms with Crippen LogP contribution in [-0.4, -0.2) is 52.2 Å². The first-order valence-electron chi connectivity index (χ1n) is 8.00.